The van der Waals surface area contributed by atoms with Gasteiger partial charge < -0.3 is 15.0 Å². The summed E-state index contributed by atoms with van der Waals surface area (Å²) >= 11 is 12.7. The average molecular weight is 538 g/mol. The fraction of sp³-hybridized carbons (Fsp3) is 0.310. The Hall–Kier alpha value is -3.06. The molecule has 0 unspecified atom stereocenters. The van der Waals surface area contributed by atoms with Crippen molar-refractivity contribution in [3.8, 4) is 5.75 Å². The molecule has 6 nitrogen and oxygen atoms in total. The predicted molar refractivity (Wildman–Crippen MR) is 148 cm³/mol. The number of rotatable bonds is 6. The summed E-state index contributed by atoms with van der Waals surface area (Å²) in [6.07, 6.45) is 2.54. The molecule has 8 heteroatoms. The maximum atomic E-state index is 13.2. The monoisotopic (exact) mass is 537 g/mol. The van der Waals surface area contributed by atoms with Gasteiger partial charge in [-0.25, -0.2) is 0 Å². The highest BCUT2D eigenvalue weighted by molar-refractivity contribution is 6.36. The van der Waals surface area contributed by atoms with Crippen LogP contribution in [0.3, 0.4) is 0 Å². The zero-order valence-corrected chi connectivity index (χ0v) is 22.2. The van der Waals surface area contributed by atoms with E-state index in [0.29, 0.717) is 46.7 Å². The van der Waals surface area contributed by atoms with E-state index < -0.39 is 0 Å². The second kappa shape index (κ2) is 11.1. The SMILES string of the molecule is COc1ccc(C(=O)N2CCc3ccc(NC(=O)[C@H]4CCCN(Cc5c(Cl)cccc5Cl)C4)cc32)cc1. The number of fused-ring (bicyclic) bond motifs is 1. The highest BCUT2D eigenvalue weighted by Gasteiger charge is 2.29. The number of nitrogens with one attached hydrogen (secondary N) is 1. The predicted octanol–water partition coefficient (Wildman–Crippen LogP) is 6.06. The van der Waals surface area contributed by atoms with E-state index in [1.807, 2.05) is 36.4 Å². The largest absolute Gasteiger partial charge is 0.497 e. The van der Waals surface area contributed by atoms with Crippen LogP contribution in [-0.4, -0.2) is 43.5 Å². The standard InChI is InChI=1S/C29H29Cl2N3O3/c1-37-23-11-8-20(9-12-23)29(36)34-15-13-19-7-10-22(16-27(19)34)32-28(35)21-4-3-14-33(17-21)18-24-25(30)5-2-6-26(24)31/h2,5-12,16,21H,3-4,13-15,17-18H2,1H3,(H,32,35)/t21-/m0/s1. The van der Waals surface area contributed by atoms with Crippen LogP contribution in [0.25, 0.3) is 0 Å². The fourth-order valence-electron chi connectivity index (χ4n) is 5.12. The molecule has 2 aliphatic heterocycles. The van der Waals surface area contributed by atoms with E-state index in [9.17, 15) is 9.59 Å². The zero-order chi connectivity index (χ0) is 25.9. The molecular weight excluding hydrogens is 509 g/mol. The number of nitrogens with zero attached hydrogens (tertiary/aromatic N) is 2. The summed E-state index contributed by atoms with van der Waals surface area (Å²) in [5, 5.41) is 4.38. The van der Waals surface area contributed by atoms with E-state index in [1.54, 1.807) is 36.3 Å². The van der Waals surface area contributed by atoms with Gasteiger partial charge in [0.1, 0.15) is 5.75 Å². The van der Waals surface area contributed by atoms with E-state index in [0.717, 1.165) is 42.6 Å². The molecule has 192 valence electrons. The molecular formula is C29H29Cl2N3O3. The highest BCUT2D eigenvalue weighted by Crippen LogP contribution is 2.33. The van der Waals surface area contributed by atoms with Crippen LogP contribution in [0, 0.1) is 5.92 Å². The van der Waals surface area contributed by atoms with E-state index in [4.69, 9.17) is 27.9 Å². The lowest BCUT2D eigenvalue weighted by Crippen LogP contribution is -2.40. The number of ether oxygens (including phenoxy) is 1. The molecule has 1 atom stereocenters. The molecule has 0 aromatic heterocycles. The topological polar surface area (TPSA) is 61.9 Å². The Balaban J connectivity index is 1.25. The summed E-state index contributed by atoms with van der Waals surface area (Å²) < 4.78 is 5.20. The summed E-state index contributed by atoms with van der Waals surface area (Å²) in [6.45, 7) is 2.76. The Morgan fingerprint density at radius 1 is 1.03 bits per heavy atom. The average Bonchev–Trinajstić information content (AvgIpc) is 3.34. The summed E-state index contributed by atoms with van der Waals surface area (Å²) in [5.74, 6) is 0.492. The van der Waals surface area contributed by atoms with Gasteiger partial charge in [0.2, 0.25) is 5.91 Å². The Bertz CT molecular complexity index is 1290. The lowest BCUT2D eigenvalue weighted by atomic mass is 9.96. The quantitative estimate of drug-likeness (QED) is 0.415. The van der Waals surface area contributed by atoms with Crippen LogP contribution < -0.4 is 15.0 Å². The first kappa shape index (κ1) is 25.6. The van der Waals surface area contributed by atoms with Gasteiger partial charge in [-0.2, -0.15) is 0 Å². The lowest BCUT2D eigenvalue weighted by Gasteiger charge is -2.32. The van der Waals surface area contributed by atoms with Crippen LogP contribution in [0.15, 0.2) is 60.7 Å². The van der Waals surface area contributed by atoms with Crippen molar-refractivity contribution in [3.05, 3.63) is 87.4 Å². The Morgan fingerprint density at radius 2 is 1.78 bits per heavy atom. The number of benzene rings is 3. The van der Waals surface area contributed by atoms with Crippen molar-refractivity contribution < 1.29 is 14.3 Å². The number of carbonyl (C=O) groups excluding carboxylic acids is 2. The Morgan fingerprint density at radius 3 is 2.51 bits per heavy atom. The molecule has 1 fully saturated rings. The van der Waals surface area contributed by atoms with Crippen molar-refractivity contribution in [2.24, 2.45) is 5.92 Å². The van der Waals surface area contributed by atoms with Crippen LogP contribution in [0.5, 0.6) is 5.75 Å². The smallest absolute Gasteiger partial charge is 0.258 e. The van der Waals surface area contributed by atoms with Gasteiger partial charge in [-0.3, -0.25) is 14.5 Å². The van der Waals surface area contributed by atoms with E-state index in [2.05, 4.69) is 10.2 Å². The lowest BCUT2D eigenvalue weighted by molar-refractivity contribution is -0.121. The number of methoxy groups -OCH3 is 1. The summed E-state index contributed by atoms with van der Waals surface area (Å²) in [7, 11) is 1.60. The molecule has 0 aliphatic carbocycles. The summed E-state index contributed by atoms with van der Waals surface area (Å²) in [6, 6.07) is 18.5. The maximum absolute atomic E-state index is 13.2. The van der Waals surface area contributed by atoms with Gasteiger partial charge in [0.05, 0.1) is 13.0 Å². The number of carbonyl (C=O) groups is 2. The third kappa shape index (κ3) is 5.61. The van der Waals surface area contributed by atoms with Crippen molar-refractivity contribution in [2.75, 3.05) is 37.0 Å². The van der Waals surface area contributed by atoms with Crippen LogP contribution >= 0.6 is 23.2 Å². The van der Waals surface area contributed by atoms with E-state index >= 15 is 0 Å². The highest BCUT2D eigenvalue weighted by atomic mass is 35.5. The second-order valence-electron chi connectivity index (χ2n) is 9.54. The minimum Gasteiger partial charge on any atom is -0.497 e. The molecule has 2 amide bonds. The molecule has 1 saturated heterocycles. The van der Waals surface area contributed by atoms with Crippen molar-refractivity contribution in [2.45, 2.75) is 25.8 Å². The number of likely N-dealkylation sites (tertiary alicyclic amines) is 1. The van der Waals surface area contributed by atoms with Crippen LogP contribution in [0.4, 0.5) is 11.4 Å². The molecule has 3 aromatic carbocycles. The van der Waals surface area contributed by atoms with Gasteiger partial charge in [0, 0.05) is 52.2 Å². The van der Waals surface area contributed by atoms with Crippen LogP contribution in [-0.2, 0) is 17.8 Å². The van der Waals surface area contributed by atoms with Gasteiger partial charge in [-0.15, -0.1) is 0 Å². The first-order valence-electron chi connectivity index (χ1n) is 12.5. The molecule has 0 bridgehead atoms. The van der Waals surface area contributed by atoms with Gasteiger partial charge >= 0.3 is 0 Å². The normalized spacial score (nSPS) is 17.4. The number of anilines is 2. The molecule has 0 radical (unpaired) electrons. The van der Waals surface area contributed by atoms with Crippen molar-refractivity contribution in [1.82, 2.24) is 4.90 Å². The van der Waals surface area contributed by atoms with Crippen molar-refractivity contribution in [3.63, 3.8) is 0 Å². The van der Waals surface area contributed by atoms with E-state index in [1.165, 1.54) is 0 Å². The molecule has 0 spiro atoms. The third-order valence-electron chi connectivity index (χ3n) is 7.15. The van der Waals surface area contributed by atoms with Gasteiger partial charge in [-0.1, -0.05) is 35.3 Å². The van der Waals surface area contributed by atoms with Crippen molar-refractivity contribution >= 4 is 46.4 Å². The minimum absolute atomic E-state index is 0.0130. The number of halogens is 2. The van der Waals surface area contributed by atoms with Gasteiger partial charge in [0.15, 0.2) is 0 Å². The van der Waals surface area contributed by atoms with Crippen LogP contribution in [0.2, 0.25) is 10.0 Å². The first-order valence-corrected chi connectivity index (χ1v) is 13.2. The van der Waals surface area contributed by atoms with Gasteiger partial charge in [0.25, 0.3) is 5.91 Å². The second-order valence-corrected chi connectivity index (χ2v) is 10.4. The zero-order valence-electron chi connectivity index (χ0n) is 20.7. The Kier molecular flexibility index (Phi) is 7.70. The van der Waals surface area contributed by atoms with Gasteiger partial charge in [-0.05, 0) is 79.9 Å². The number of amides is 2. The summed E-state index contributed by atoms with van der Waals surface area (Å²) in [5.41, 5.74) is 4.14. The van der Waals surface area contributed by atoms with E-state index in [-0.39, 0.29) is 17.7 Å². The maximum Gasteiger partial charge on any atom is 0.258 e. The van der Waals surface area contributed by atoms with Crippen LogP contribution in [0.1, 0.15) is 34.3 Å². The Labute approximate surface area is 227 Å². The minimum atomic E-state index is -0.139. The number of hydrogen-bond donors (Lipinski definition) is 1. The number of piperidine rings is 1. The van der Waals surface area contributed by atoms with Crippen molar-refractivity contribution in [1.29, 1.82) is 0 Å². The third-order valence-corrected chi connectivity index (χ3v) is 7.86. The molecule has 5 rings (SSSR count). The number of hydrogen-bond acceptors (Lipinski definition) is 4. The molecule has 1 N–H and O–H groups in total. The molecule has 0 saturated carbocycles. The molecule has 3 aromatic rings. The first-order chi connectivity index (χ1) is 17.9. The molecule has 2 aliphatic rings. The molecule has 2 heterocycles. The fourth-order valence-corrected chi connectivity index (χ4v) is 5.64. The summed E-state index contributed by atoms with van der Waals surface area (Å²) in [4.78, 5) is 30.4. The molecule has 37 heavy (non-hydrogen) atoms.